The Morgan fingerprint density at radius 3 is 2.79 bits per heavy atom. The molecule has 1 amide bonds. The monoisotopic (exact) mass is 325 g/mol. The van der Waals surface area contributed by atoms with E-state index in [-0.39, 0.29) is 17.9 Å². The standard InChI is InChI=1S/C20H27N3O/c1-4-15(3)20(24)23-12-6-5-7-18(23)19-21-13-17(22-19)16-10-8-14(2)9-11-16/h8-11,13,15,18H,4-7,12H2,1-3H3,(H,21,22)/t15-,18-/m1/s1. The molecule has 0 bridgehead atoms. The van der Waals surface area contributed by atoms with Crippen molar-refractivity contribution in [1.82, 2.24) is 14.9 Å². The lowest BCUT2D eigenvalue weighted by atomic mass is 9.98. The number of aryl methyl sites for hydroxylation is 1. The molecule has 3 rings (SSSR count). The van der Waals surface area contributed by atoms with Crippen LogP contribution in [0.3, 0.4) is 0 Å². The molecule has 0 saturated carbocycles. The Bertz CT molecular complexity index is 689. The average molecular weight is 325 g/mol. The molecule has 1 aliphatic heterocycles. The van der Waals surface area contributed by atoms with Crippen molar-refractivity contribution in [2.24, 2.45) is 5.92 Å². The summed E-state index contributed by atoms with van der Waals surface area (Å²) >= 11 is 0. The van der Waals surface area contributed by atoms with Gasteiger partial charge in [0.25, 0.3) is 0 Å². The molecule has 1 aliphatic rings. The van der Waals surface area contributed by atoms with Crippen molar-refractivity contribution in [2.75, 3.05) is 6.54 Å². The second-order valence-corrected chi connectivity index (χ2v) is 6.90. The Hall–Kier alpha value is -2.10. The van der Waals surface area contributed by atoms with Crippen LogP contribution in [-0.4, -0.2) is 27.3 Å². The van der Waals surface area contributed by atoms with Crippen LogP contribution in [0.5, 0.6) is 0 Å². The van der Waals surface area contributed by atoms with Crippen LogP contribution in [0.1, 0.15) is 57.0 Å². The van der Waals surface area contributed by atoms with Crippen molar-refractivity contribution in [3.8, 4) is 11.3 Å². The minimum absolute atomic E-state index is 0.0807. The number of hydrogen-bond donors (Lipinski definition) is 1. The van der Waals surface area contributed by atoms with E-state index in [1.165, 1.54) is 5.56 Å². The van der Waals surface area contributed by atoms with Gasteiger partial charge < -0.3 is 9.88 Å². The number of rotatable bonds is 4. The maximum atomic E-state index is 12.7. The normalized spacial score (nSPS) is 19.3. The smallest absolute Gasteiger partial charge is 0.226 e. The molecule has 1 N–H and O–H groups in total. The molecule has 4 heteroatoms. The fourth-order valence-electron chi connectivity index (χ4n) is 3.32. The van der Waals surface area contributed by atoms with E-state index < -0.39 is 0 Å². The molecule has 4 nitrogen and oxygen atoms in total. The highest BCUT2D eigenvalue weighted by molar-refractivity contribution is 5.79. The summed E-state index contributed by atoms with van der Waals surface area (Å²) in [4.78, 5) is 22.8. The van der Waals surface area contributed by atoms with Crippen LogP contribution in [0.15, 0.2) is 30.5 Å². The van der Waals surface area contributed by atoms with Gasteiger partial charge in [-0.05, 0) is 38.2 Å². The van der Waals surface area contributed by atoms with Crippen molar-refractivity contribution in [2.45, 2.75) is 52.5 Å². The van der Waals surface area contributed by atoms with Crippen LogP contribution in [-0.2, 0) is 4.79 Å². The van der Waals surface area contributed by atoms with Gasteiger partial charge in [-0.25, -0.2) is 4.98 Å². The molecule has 1 saturated heterocycles. The van der Waals surface area contributed by atoms with Gasteiger partial charge >= 0.3 is 0 Å². The second-order valence-electron chi connectivity index (χ2n) is 6.90. The number of piperidine rings is 1. The van der Waals surface area contributed by atoms with Crippen LogP contribution < -0.4 is 0 Å². The van der Waals surface area contributed by atoms with Gasteiger partial charge in [-0.1, -0.05) is 43.7 Å². The van der Waals surface area contributed by atoms with Crippen LogP contribution >= 0.6 is 0 Å². The molecule has 2 aromatic rings. The fraction of sp³-hybridized carbons (Fsp3) is 0.500. The minimum Gasteiger partial charge on any atom is -0.340 e. The van der Waals surface area contributed by atoms with Crippen molar-refractivity contribution < 1.29 is 4.79 Å². The summed E-state index contributed by atoms with van der Waals surface area (Å²) in [5, 5.41) is 0. The number of aromatic nitrogens is 2. The van der Waals surface area contributed by atoms with Gasteiger partial charge in [0.15, 0.2) is 0 Å². The molecule has 1 fully saturated rings. The van der Waals surface area contributed by atoms with Gasteiger partial charge in [-0.15, -0.1) is 0 Å². The Morgan fingerprint density at radius 2 is 2.08 bits per heavy atom. The molecule has 2 atom stereocenters. The number of amides is 1. The topological polar surface area (TPSA) is 49.0 Å². The summed E-state index contributed by atoms with van der Waals surface area (Å²) in [5.74, 6) is 1.26. The number of aromatic amines is 1. The molecule has 1 aromatic heterocycles. The third kappa shape index (κ3) is 3.37. The fourth-order valence-corrected chi connectivity index (χ4v) is 3.32. The van der Waals surface area contributed by atoms with Gasteiger partial charge in [0.2, 0.25) is 5.91 Å². The largest absolute Gasteiger partial charge is 0.340 e. The summed E-state index contributed by atoms with van der Waals surface area (Å²) in [5.41, 5.74) is 3.40. The van der Waals surface area contributed by atoms with Gasteiger partial charge in [0, 0.05) is 12.5 Å². The first-order valence-electron chi connectivity index (χ1n) is 9.02. The maximum absolute atomic E-state index is 12.7. The molecule has 0 aliphatic carbocycles. The van der Waals surface area contributed by atoms with E-state index >= 15 is 0 Å². The first kappa shape index (κ1) is 16.7. The van der Waals surface area contributed by atoms with Gasteiger partial charge in [-0.3, -0.25) is 4.79 Å². The van der Waals surface area contributed by atoms with E-state index in [0.29, 0.717) is 0 Å². The van der Waals surface area contributed by atoms with Gasteiger partial charge in [0.1, 0.15) is 5.82 Å². The van der Waals surface area contributed by atoms with E-state index in [4.69, 9.17) is 0 Å². The summed E-state index contributed by atoms with van der Waals surface area (Å²) in [6.45, 7) is 7.02. The molecule has 2 heterocycles. The SMILES string of the molecule is CC[C@@H](C)C(=O)N1CCCC[C@@H]1c1ncc(-c2ccc(C)cc2)[nH]1. The molecule has 1 aromatic carbocycles. The molecule has 0 spiro atoms. The maximum Gasteiger partial charge on any atom is 0.226 e. The Labute approximate surface area is 144 Å². The number of likely N-dealkylation sites (tertiary alicyclic amines) is 1. The lowest BCUT2D eigenvalue weighted by molar-refractivity contribution is -0.139. The Morgan fingerprint density at radius 1 is 1.33 bits per heavy atom. The molecule has 24 heavy (non-hydrogen) atoms. The Balaban J connectivity index is 1.84. The Kier molecular flexibility index (Phi) is 5.03. The van der Waals surface area contributed by atoms with Crippen molar-refractivity contribution in [3.63, 3.8) is 0 Å². The van der Waals surface area contributed by atoms with Crippen LogP contribution in [0, 0.1) is 12.8 Å². The lowest BCUT2D eigenvalue weighted by Gasteiger charge is -2.36. The summed E-state index contributed by atoms with van der Waals surface area (Å²) in [6.07, 6.45) is 6.00. The third-order valence-corrected chi connectivity index (χ3v) is 5.09. The summed E-state index contributed by atoms with van der Waals surface area (Å²) in [6, 6.07) is 8.51. The number of carbonyl (C=O) groups is 1. The van der Waals surface area contributed by atoms with Crippen LogP contribution in [0.4, 0.5) is 0 Å². The van der Waals surface area contributed by atoms with E-state index in [0.717, 1.165) is 49.3 Å². The summed E-state index contributed by atoms with van der Waals surface area (Å²) < 4.78 is 0. The highest BCUT2D eigenvalue weighted by atomic mass is 16.2. The molecule has 128 valence electrons. The van der Waals surface area contributed by atoms with Gasteiger partial charge in [0.05, 0.1) is 17.9 Å². The zero-order valence-electron chi connectivity index (χ0n) is 14.9. The van der Waals surface area contributed by atoms with E-state index in [1.807, 2.05) is 18.0 Å². The number of benzene rings is 1. The molecular weight excluding hydrogens is 298 g/mol. The van der Waals surface area contributed by atoms with Crippen LogP contribution in [0.25, 0.3) is 11.3 Å². The van der Waals surface area contributed by atoms with E-state index in [1.54, 1.807) is 0 Å². The zero-order valence-corrected chi connectivity index (χ0v) is 14.9. The zero-order chi connectivity index (χ0) is 17.1. The molecule has 0 unspecified atom stereocenters. The number of imidazole rings is 1. The van der Waals surface area contributed by atoms with Gasteiger partial charge in [-0.2, -0.15) is 0 Å². The minimum atomic E-state index is 0.0807. The predicted molar refractivity (Wildman–Crippen MR) is 96.5 cm³/mol. The van der Waals surface area contributed by atoms with Crippen LogP contribution in [0.2, 0.25) is 0 Å². The number of nitrogens with one attached hydrogen (secondary N) is 1. The average Bonchev–Trinajstić information content (AvgIpc) is 3.11. The molecule has 0 radical (unpaired) electrons. The number of nitrogens with zero attached hydrogens (tertiary/aromatic N) is 2. The van der Waals surface area contributed by atoms with E-state index in [2.05, 4.69) is 48.1 Å². The lowest BCUT2D eigenvalue weighted by Crippen LogP contribution is -2.41. The van der Waals surface area contributed by atoms with Crippen molar-refractivity contribution >= 4 is 5.91 Å². The van der Waals surface area contributed by atoms with E-state index in [9.17, 15) is 4.79 Å². The number of carbonyl (C=O) groups excluding carboxylic acids is 1. The summed E-state index contributed by atoms with van der Waals surface area (Å²) in [7, 11) is 0. The quantitative estimate of drug-likeness (QED) is 0.900. The third-order valence-electron chi connectivity index (χ3n) is 5.09. The highest BCUT2D eigenvalue weighted by Crippen LogP contribution is 2.32. The first-order chi connectivity index (χ1) is 11.6. The number of hydrogen-bond acceptors (Lipinski definition) is 2. The first-order valence-corrected chi connectivity index (χ1v) is 9.02. The second kappa shape index (κ2) is 7.20. The molecular formula is C20H27N3O. The number of H-pyrrole nitrogens is 1. The highest BCUT2D eigenvalue weighted by Gasteiger charge is 2.31. The van der Waals surface area contributed by atoms with Crippen molar-refractivity contribution in [3.05, 3.63) is 41.9 Å². The van der Waals surface area contributed by atoms with Crippen molar-refractivity contribution in [1.29, 1.82) is 0 Å². The predicted octanol–water partition coefficient (Wildman–Crippen LogP) is 4.48.